The Balaban J connectivity index is 0.00000133. The number of hydrogen-bond donors (Lipinski definition) is 1. The number of nitrogens with zero attached hydrogens (tertiary/aromatic N) is 1. The highest BCUT2D eigenvalue weighted by Gasteiger charge is 2.58. The van der Waals surface area contributed by atoms with Gasteiger partial charge in [0.2, 0.25) is 5.91 Å². The van der Waals surface area contributed by atoms with E-state index in [9.17, 15) is 4.79 Å². The number of carbonyl (C=O) groups is 1. The zero-order chi connectivity index (χ0) is 12.6. The number of halogens is 1. The van der Waals surface area contributed by atoms with E-state index in [0.717, 1.165) is 19.5 Å². The third-order valence-corrected chi connectivity index (χ3v) is 5.56. The second-order valence-electron chi connectivity index (χ2n) is 6.61. The van der Waals surface area contributed by atoms with E-state index >= 15 is 0 Å². The largest absolute Gasteiger partial charge is 0.343 e. The first kappa shape index (κ1) is 15.1. The Kier molecular flexibility index (Phi) is 4.78. The Bertz CT molecular complexity index is 318. The van der Waals surface area contributed by atoms with Gasteiger partial charge in [-0.2, -0.15) is 0 Å². The SMILES string of the molecule is CN(C(=O)C1CC12CCNCC2)C1CCCCC1.Cl. The van der Waals surface area contributed by atoms with Crippen LogP contribution < -0.4 is 5.32 Å². The summed E-state index contributed by atoms with van der Waals surface area (Å²) in [5.74, 6) is 0.801. The molecule has 1 saturated heterocycles. The molecule has 2 saturated carbocycles. The van der Waals surface area contributed by atoms with Crippen LogP contribution in [0.1, 0.15) is 51.4 Å². The third-order valence-electron chi connectivity index (χ3n) is 5.56. The average molecular weight is 287 g/mol. The van der Waals surface area contributed by atoms with Crippen molar-refractivity contribution in [3.8, 4) is 0 Å². The van der Waals surface area contributed by atoms with Crippen molar-refractivity contribution in [1.82, 2.24) is 10.2 Å². The van der Waals surface area contributed by atoms with Crippen LogP contribution in [0.15, 0.2) is 0 Å². The Labute approximate surface area is 122 Å². The maximum absolute atomic E-state index is 12.6. The molecule has 0 aromatic carbocycles. The molecular formula is C15H27ClN2O. The summed E-state index contributed by atoms with van der Waals surface area (Å²) in [5.41, 5.74) is 0.394. The summed E-state index contributed by atoms with van der Waals surface area (Å²) in [6, 6.07) is 0.533. The Morgan fingerprint density at radius 3 is 2.42 bits per heavy atom. The quantitative estimate of drug-likeness (QED) is 0.846. The van der Waals surface area contributed by atoms with Crippen LogP contribution in [0.2, 0.25) is 0 Å². The molecule has 3 nitrogen and oxygen atoms in total. The zero-order valence-electron chi connectivity index (χ0n) is 12.0. The van der Waals surface area contributed by atoms with Gasteiger partial charge in [-0.1, -0.05) is 19.3 Å². The molecular weight excluding hydrogens is 260 g/mol. The molecule has 1 spiro atoms. The molecule has 1 amide bonds. The van der Waals surface area contributed by atoms with E-state index in [1.54, 1.807) is 0 Å². The van der Waals surface area contributed by atoms with Crippen molar-refractivity contribution in [3.05, 3.63) is 0 Å². The van der Waals surface area contributed by atoms with Crippen molar-refractivity contribution in [3.63, 3.8) is 0 Å². The minimum absolute atomic E-state index is 0. The molecule has 2 aliphatic carbocycles. The van der Waals surface area contributed by atoms with Crippen molar-refractivity contribution in [1.29, 1.82) is 0 Å². The summed E-state index contributed by atoms with van der Waals surface area (Å²) in [7, 11) is 2.05. The van der Waals surface area contributed by atoms with Crippen molar-refractivity contribution in [2.75, 3.05) is 20.1 Å². The lowest BCUT2D eigenvalue weighted by molar-refractivity contribution is -0.135. The number of rotatable bonds is 2. The molecule has 1 heterocycles. The molecule has 0 aromatic heterocycles. The normalized spacial score (nSPS) is 29.6. The summed E-state index contributed by atoms with van der Waals surface area (Å²) in [6.45, 7) is 2.22. The first-order valence-corrected chi connectivity index (χ1v) is 7.70. The molecule has 1 N–H and O–H groups in total. The Morgan fingerprint density at radius 1 is 1.16 bits per heavy atom. The molecule has 4 heteroatoms. The molecule has 3 fully saturated rings. The molecule has 3 aliphatic rings. The van der Waals surface area contributed by atoms with Gasteiger partial charge in [0.1, 0.15) is 0 Å². The summed E-state index contributed by atoms with van der Waals surface area (Å²) in [6.07, 6.45) is 10.0. The van der Waals surface area contributed by atoms with Crippen molar-refractivity contribution in [2.24, 2.45) is 11.3 Å². The number of hydrogen-bond acceptors (Lipinski definition) is 2. The molecule has 0 aromatic rings. The first-order chi connectivity index (χ1) is 8.73. The number of nitrogens with one attached hydrogen (secondary N) is 1. The van der Waals surface area contributed by atoms with E-state index in [4.69, 9.17) is 0 Å². The van der Waals surface area contributed by atoms with E-state index in [-0.39, 0.29) is 12.4 Å². The second kappa shape index (κ2) is 6.01. The van der Waals surface area contributed by atoms with Gasteiger partial charge in [-0.25, -0.2) is 0 Å². The van der Waals surface area contributed by atoms with Crippen molar-refractivity contribution in [2.45, 2.75) is 57.4 Å². The summed E-state index contributed by atoms with van der Waals surface area (Å²) >= 11 is 0. The van der Waals surface area contributed by atoms with E-state index in [1.807, 2.05) is 7.05 Å². The van der Waals surface area contributed by atoms with Crippen LogP contribution in [0.3, 0.4) is 0 Å². The molecule has 1 aliphatic heterocycles. The van der Waals surface area contributed by atoms with E-state index in [2.05, 4.69) is 10.2 Å². The standard InChI is InChI=1S/C15H26N2O.ClH/c1-17(12-5-3-2-4-6-12)14(18)13-11-15(13)7-9-16-10-8-15;/h12-13,16H,2-11H2,1H3;1H. The molecule has 0 radical (unpaired) electrons. The van der Waals surface area contributed by atoms with Gasteiger partial charge >= 0.3 is 0 Å². The fourth-order valence-electron chi connectivity index (χ4n) is 4.07. The summed E-state index contributed by atoms with van der Waals surface area (Å²) in [5, 5.41) is 3.41. The van der Waals surface area contributed by atoms with Gasteiger partial charge in [0.15, 0.2) is 0 Å². The monoisotopic (exact) mass is 286 g/mol. The second-order valence-corrected chi connectivity index (χ2v) is 6.61. The Hall–Kier alpha value is -0.280. The molecule has 3 rings (SSSR count). The predicted molar refractivity (Wildman–Crippen MR) is 79.5 cm³/mol. The molecule has 0 bridgehead atoms. The van der Waals surface area contributed by atoms with Gasteiger partial charge in [-0.3, -0.25) is 4.79 Å². The molecule has 19 heavy (non-hydrogen) atoms. The van der Waals surface area contributed by atoms with Gasteiger partial charge < -0.3 is 10.2 Å². The van der Waals surface area contributed by atoms with Crippen molar-refractivity contribution >= 4 is 18.3 Å². The molecule has 110 valence electrons. The number of carbonyl (C=O) groups excluding carboxylic acids is 1. The highest BCUT2D eigenvalue weighted by molar-refractivity contribution is 5.85. The summed E-state index contributed by atoms with van der Waals surface area (Å²) < 4.78 is 0. The van der Waals surface area contributed by atoms with Crippen LogP contribution >= 0.6 is 12.4 Å². The highest BCUT2D eigenvalue weighted by atomic mass is 35.5. The fraction of sp³-hybridized carbons (Fsp3) is 0.933. The number of piperidine rings is 1. The third kappa shape index (κ3) is 2.92. The van der Waals surface area contributed by atoms with Crippen LogP contribution in [0.5, 0.6) is 0 Å². The van der Waals surface area contributed by atoms with Crippen LogP contribution in [-0.4, -0.2) is 37.0 Å². The Morgan fingerprint density at radius 2 is 1.79 bits per heavy atom. The van der Waals surface area contributed by atoms with Crippen LogP contribution in [0.4, 0.5) is 0 Å². The van der Waals surface area contributed by atoms with Crippen LogP contribution in [0, 0.1) is 11.3 Å². The predicted octanol–water partition coefficient (Wildman–Crippen LogP) is 2.59. The maximum Gasteiger partial charge on any atom is 0.226 e. The van der Waals surface area contributed by atoms with Gasteiger partial charge in [0.25, 0.3) is 0 Å². The van der Waals surface area contributed by atoms with Gasteiger partial charge in [-0.15, -0.1) is 12.4 Å². The summed E-state index contributed by atoms with van der Waals surface area (Å²) in [4.78, 5) is 14.7. The fourth-order valence-corrected chi connectivity index (χ4v) is 4.07. The topological polar surface area (TPSA) is 32.3 Å². The maximum atomic E-state index is 12.6. The lowest BCUT2D eigenvalue weighted by Crippen LogP contribution is -2.41. The van der Waals surface area contributed by atoms with Gasteiger partial charge in [-0.05, 0) is 50.6 Å². The first-order valence-electron chi connectivity index (χ1n) is 7.70. The van der Waals surface area contributed by atoms with E-state index in [0.29, 0.717) is 23.3 Å². The van der Waals surface area contributed by atoms with Crippen molar-refractivity contribution < 1.29 is 4.79 Å². The smallest absolute Gasteiger partial charge is 0.226 e. The van der Waals surface area contributed by atoms with E-state index < -0.39 is 0 Å². The van der Waals surface area contributed by atoms with Crippen LogP contribution in [0.25, 0.3) is 0 Å². The highest BCUT2D eigenvalue weighted by Crippen LogP contribution is 2.59. The van der Waals surface area contributed by atoms with E-state index in [1.165, 1.54) is 44.9 Å². The zero-order valence-corrected chi connectivity index (χ0v) is 12.8. The lowest BCUT2D eigenvalue weighted by atomic mass is 9.90. The minimum atomic E-state index is 0. The lowest BCUT2D eigenvalue weighted by Gasteiger charge is -2.32. The van der Waals surface area contributed by atoms with Gasteiger partial charge in [0, 0.05) is 19.0 Å². The molecule has 1 unspecified atom stereocenters. The average Bonchev–Trinajstić information content (AvgIpc) is 3.12. The van der Waals surface area contributed by atoms with Gasteiger partial charge in [0.05, 0.1) is 0 Å². The van der Waals surface area contributed by atoms with Crippen LogP contribution in [-0.2, 0) is 4.79 Å². The molecule has 1 atom stereocenters. The minimum Gasteiger partial charge on any atom is -0.343 e. The number of amides is 1.